The fourth-order valence-electron chi connectivity index (χ4n) is 8.09. The Labute approximate surface area is 139 Å². The minimum Gasteiger partial charge on any atom is -0.393 e. The summed E-state index contributed by atoms with van der Waals surface area (Å²) in [5.41, 5.74) is 0.469. The van der Waals surface area contributed by atoms with E-state index in [9.17, 15) is 9.90 Å². The van der Waals surface area contributed by atoms with E-state index in [1.54, 1.807) is 0 Å². The van der Waals surface area contributed by atoms with E-state index >= 15 is 0 Å². The molecule has 3 nitrogen and oxygen atoms in total. The minimum atomic E-state index is -0.167. The molecule has 3 heteroatoms. The van der Waals surface area contributed by atoms with Gasteiger partial charge in [-0.3, -0.25) is 4.79 Å². The number of carbonyl (C=O) groups is 1. The molecule has 0 amide bonds. The van der Waals surface area contributed by atoms with Crippen molar-refractivity contribution in [3.05, 3.63) is 0 Å². The fraction of sp³-hybridized carbons (Fsp3) is 0.950. The van der Waals surface area contributed by atoms with Crippen LogP contribution < -0.4 is 0 Å². The molecular formula is C20H30O3. The quantitative estimate of drug-likeness (QED) is 0.806. The molecule has 8 atom stereocenters. The van der Waals surface area contributed by atoms with Gasteiger partial charge in [0.05, 0.1) is 12.2 Å². The summed E-state index contributed by atoms with van der Waals surface area (Å²) in [4.78, 5) is 12.5. The highest BCUT2D eigenvalue weighted by atomic mass is 16.5. The lowest BCUT2D eigenvalue weighted by Gasteiger charge is -2.55. The van der Waals surface area contributed by atoms with Crippen LogP contribution >= 0.6 is 0 Å². The van der Waals surface area contributed by atoms with Gasteiger partial charge in [-0.2, -0.15) is 0 Å². The van der Waals surface area contributed by atoms with E-state index in [1.165, 1.54) is 19.3 Å². The van der Waals surface area contributed by atoms with Gasteiger partial charge in [-0.05, 0) is 74.5 Å². The Morgan fingerprint density at radius 3 is 2.74 bits per heavy atom. The average molecular weight is 318 g/mol. The number of Topliss-reactive ketones (excluding diaryl/α,β-unsaturated/α-hetero) is 1. The van der Waals surface area contributed by atoms with Crippen LogP contribution in [0.4, 0.5) is 0 Å². The normalized spacial score (nSPS) is 60.5. The van der Waals surface area contributed by atoms with Gasteiger partial charge in [0.15, 0.2) is 0 Å². The van der Waals surface area contributed by atoms with Crippen molar-refractivity contribution >= 4 is 5.78 Å². The van der Waals surface area contributed by atoms with Crippen molar-refractivity contribution < 1.29 is 14.6 Å². The first-order chi connectivity index (χ1) is 11.0. The molecule has 1 N–H and O–H groups in total. The minimum absolute atomic E-state index is 0.0733. The lowest BCUT2D eigenvalue weighted by Crippen LogP contribution is -2.53. The van der Waals surface area contributed by atoms with Crippen molar-refractivity contribution in [1.82, 2.24) is 0 Å². The molecule has 5 aliphatic carbocycles. The van der Waals surface area contributed by atoms with Crippen LogP contribution in [0, 0.1) is 34.0 Å². The van der Waals surface area contributed by atoms with Crippen LogP contribution in [0.15, 0.2) is 0 Å². The maximum atomic E-state index is 12.5. The number of hydrogen-bond acceptors (Lipinski definition) is 3. The van der Waals surface area contributed by atoms with Crippen molar-refractivity contribution in [3.8, 4) is 0 Å². The number of methoxy groups -OCH3 is 1. The Morgan fingerprint density at radius 2 is 1.96 bits per heavy atom. The van der Waals surface area contributed by atoms with E-state index in [1.807, 2.05) is 7.11 Å². The van der Waals surface area contributed by atoms with Gasteiger partial charge in [0.2, 0.25) is 0 Å². The number of ether oxygens (including phenoxy) is 1. The van der Waals surface area contributed by atoms with Gasteiger partial charge < -0.3 is 9.84 Å². The van der Waals surface area contributed by atoms with Crippen molar-refractivity contribution in [2.75, 3.05) is 7.11 Å². The largest absolute Gasteiger partial charge is 0.393 e. The van der Waals surface area contributed by atoms with Gasteiger partial charge in [-0.1, -0.05) is 6.92 Å². The highest BCUT2D eigenvalue weighted by Crippen LogP contribution is 2.82. The fourth-order valence-corrected chi connectivity index (χ4v) is 8.09. The third-order valence-corrected chi connectivity index (χ3v) is 9.32. The molecule has 5 fully saturated rings. The summed E-state index contributed by atoms with van der Waals surface area (Å²) in [5, 5.41) is 11.1. The van der Waals surface area contributed by atoms with Gasteiger partial charge in [0.1, 0.15) is 5.78 Å². The molecular weight excluding hydrogens is 288 g/mol. The lowest BCUT2D eigenvalue weighted by atomic mass is 9.50. The van der Waals surface area contributed by atoms with Crippen LogP contribution in [0.3, 0.4) is 0 Å². The number of aliphatic hydroxyl groups is 1. The number of fused-ring (bicyclic) bond motifs is 3. The first-order valence-corrected chi connectivity index (χ1v) is 9.71. The molecule has 0 aliphatic heterocycles. The maximum Gasteiger partial charge on any atom is 0.139 e. The predicted molar refractivity (Wildman–Crippen MR) is 86.8 cm³/mol. The molecule has 128 valence electrons. The van der Waals surface area contributed by atoms with Gasteiger partial charge in [0.25, 0.3) is 0 Å². The summed E-state index contributed by atoms with van der Waals surface area (Å²) in [6, 6.07) is 0. The highest BCUT2D eigenvalue weighted by molar-refractivity contribution is 5.87. The Morgan fingerprint density at radius 1 is 1.13 bits per heavy atom. The highest BCUT2D eigenvalue weighted by Gasteiger charge is 2.78. The summed E-state index contributed by atoms with van der Waals surface area (Å²) in [7, 11) is 1.82. The van der Waals surface area contributed by atoms with Crippen LogP contribution in [0.5, 0.6) is 0 Å². The first kappa shape index (κ1) is 14.9. The van der Waals surface area contributed by atoms with Crippen LogP contribution in [-0.4, -0.2) is 30.2 Å². The van der Waals surface area contributed by atoms with E-state index in [0.29, 0.717) is 29.1 Å². The first-order valence-electron chi connectivity index (χ1n) is 9.71. The SMILES string of the molecule is CO[C@H]1CC[C@@]23C[C@]2(C1)[C@@H](O)C[C@@H]1[C@@H]3CC[C@]2(C)C(=O)CC[C@@H]12. The summed E-state index contributed by atoms with van der Waals surface area (Å²) >= 11 is 0. The van der Waals surface area contributed by atoms with Crippen molar-refractivity contribution in [2.24, 2.45) is 34.0 Å². The molecule has 0 unspecified atom stereocenters. The van der Waals surface area contributed by atoms with E-state index < -0.39 is 0 Å². The van der Waals surface area contributed by atoms with Crippen LogP contribution in [0.25, 0.3) is 0 Å². The molecule has 5 aliphatic rings. The van der Waals surface area contributed by atoms with E-state index in [0.717, 1.165) is 44.4 Å². The Hall–Kier alpha value is -0.410. The van der Waals surface area contributed by atoms with Crippen LogP contribution in [0.2, 0.25) is 0 Å². The molecule has 0 aromatic carbocycles. The van der Waals surface area contributed by atoms with Crippen molar-refractivity contribution in [1.29, 1.82) is 0 Å². The molecule has 5 saturated carbocycles. The maximum absolute atomic E-state index is 12.5. The van der Waals surface area contributed by atoms with Crippen molar-refractivity contribution in [2.45, 2.75) is 76.9 Å². The van der Waals surface area contributed by atoms with Gasteiger partial charge in [-0.15, -0.1) is 0 Å². The van der Waals surface area contributed by atoms with Crippen molar-refractivity contribution in [3.63, 3.8) is 0 Å². The van der Waals surface area contributed by atoms with Gasteiger partial charge >= 0.3 is 0 Å². The topological polar surface area (TPSA) is 46.5 Å². The standard InChI is InChI=1S/C20H30O3/c1-18-7-6-15-13(14(18)3-4-16(18)21)9-17(22)20-10-12(23-2)5-8-19(15,20)11-20/h12-15,17,22H,3-11H2,1-2H3/t12-,13-,14-,15-,17-,18-,19-,20+/m0/s1. The molecule has 0 aromatic rings. The zero-order valence-electron chi connectivity index (χ0n) is 14.5. The monoisotopic (exact) mass is 318 g/mol. The average Bonchev–Trinajstić information content (AvgIpc) is 3.16. The zero-order chi connectivity index (χ0) is 16.0. The molecule has 0 saturated heterocycles. The van der Waals surface area contributed by atoms with Gasteiger partial charge in [-0.25, -0.2) is 0 Å². The molecule has 0 aromatic heterocycles. The molecule has 0 bridgehead atoms. The number of ketones is 1. The van der Waals surface area contributed by atoms with Gasteiger partial charge in [0, 0.05) is 24.4 Å². The van der Waals surface area contributed by atoms with E-state index in [-0.39, 0.29) is 16.9 Å². The van der Waals surface area contributed by atoms with E-state index in [2.05, 4.69) is 6.92 Å². The second-order valence-corrected chi connectivity index (χ2v) is 9.64. The Kier molecular flexibility index (Phi) is 2.85. The second-order valence-electron chi connectivity index (χ2n) is 9.64. The zero-order valence-corrected chi connectivity index (χ0v) is 14.5. The third-order valence-electron chi connectivity index (χ3n) is 9.32. The molecule has 5 rings (SSSR count). The third kappa shape index (κ3) is 1.57. The second kappa shape index (κ2) is 4.40. The number of aliphatic hydroxyl groups excluding tert-OH is 1. The summed E-state index contributed by atoms with van der Waals surface area (Å²) in [6.07, 6.45) is 9.98. The van der Waals surface area contributed by atoms with Crippen LogP contribution in [-0.2, 0) is 9.53 Å². The molecule has 0 spiro atoms. The predicted octanol–water partition coefficient (Wildman–Crippen LogP) is 3.34. The number of carbonyl (C=O) groups excluding carboxylic acids is 1. The summed E-state index contributed by atoms with van der Waals surface area (Å²) in [6.45, 7) is 2.23. The summed E-state index contributed by atoms with van der Waals surface area (Å²) in [5.74, 6) is 2.39. The van der Waals surface area contributed by atoms with E-state index in [4.69, 9.17) is 4.74 Å². The Balaban J connectivity index is 1.49. The summed E-state index contributed by atoms with van der Waals surface area (Å²) < 4.78 is 5.66. The number of hydrogen-bond donors (Lipinski definition) is 1. The number of rotatable bonds is 1. The molecule has 0 radical (unpaired) electrons. The van der Waals surface area contributed by atoms with Crippen LogP contribution in [0.1, 0.15) is 64.7 Å². The molecule has 23 heavy (non-hydrogen) atoms. The molecule has 0 heterocycles. The Bertz CT molecular complexity index is 559. The lowest BCUT2D eigenvalue weighted by molar-refractivity contribution is -0.142. The smallest absolute Gasteiger partial charge is 0.139 e.